The minimum atomic E-state index is 0.140. The van der Waals surface area contributed by atoms with Crippen LogP contribution in [0.4, 0.5) is 0 Å². The van der Waals surface area contributed by atoms with Crippen LogP contribution in [0.1, 0.15) is 24.1 Å². The van der Waals surface area contributed by atoms with E-state index in [9.17, 15) is 0 Å². The fourth-order valence-corrected chi connectivity index (χ4v) is 3.26. The smallest absolute Gasteiger partial charge is 0.0781 e. The number of benzene rings is 1. The molecule has 5 heteroatoms. The van der Waals surface area contributed by atoms with E-state index in [1.54, 1.807) is 17.4 Å². The Morgan fingerprint density at radius 2 is 1.95 bits per heavy atom. The predicted molar refractivity (Wildman–Crippen MR) is 85.9 cm³/mol. The van der Waals surface area contributed by atoms with Crippen molar-refractivity contribution in [2.75, 3.05) is 6.54 Å². The SMILES string of the molecule is CC(NCCc1ccsc1)c1ccc(Cl)c(Cl)c1Cl. The lowest BCUT2D eigenvalue weighted by Gasteiger charge is -2.16. The van der Waals surface area contributed by atoms with Gasteiger partial charge in [0.1, 0.15) is 0 Å². The zero-order valence-electron chi connectivity index (χ0n) is 10.4. The fraction of sp³-hybridized carbons (Fsp3) is 0.286. The van der Waals surface area contributed by atoms with Crippen LogP contribution in [0.5, 0.6) is 0 Å². The Balaban J connectivity index is 1.96. The highest BCUT2D eigenvalue weighted by molar-refractivity contribution is 7.07. The van der Waals surface area contributed by atoms with Crippen LogP contribution >= 0.6 is 46.1 Å². The number of halogens is 3. The van der Waals surface area contributed by atoms with Crippen LogP contribution < -0.4 is 5.32 Å². The molecule has 2 aromatic rings. The molecule has 0 fully saturated rings. The minimum Gasteiger partial charge on any atom is -0.310 e. The Bertz CT molecular complexity index is 540. The van der Waals surface area contributed by atoms with Gasteiger partial charge in [-0.2, -0.15) is 11.3 Å². The lowest BCUT2D eigenvalue weighted by atomic mass is 10.1. The van der Waals surface area contributed by atoms with Crippen LogP contribution in [0.25, 0.3) is 0 Å². The van der Waals surface area contributed by atoms with E-state index in [0.29, 0.717) is 15.1 Å². The second kappa shape index (κ2) is 6.96. The maximum atomic E-state index is 6.22. The highest BCUT2D eigenvalue weighted by atomic mass is 35.5. The molecule has 1 heterocycles. The summed E-state index contributed by atoms with van der Waals surface area (Å²) in [6.45, 7) is 2.97. The van der Waals surface area contributed by atoms with Crippen molar-refractivity contribution >= 4 is 46.1 Å². The van der Waals surface area contributed by atoms with Crippen molar-refractivity contribution in [3.63, 3.8) is 0 Å². The molecule has 2 rings (SSSR count). The number of thiophene rings is 1. The van der Waals surface area contributed by atoms with Crippen molar-refractivity contribution in [1.29, 1.82) is 0 Å². The Kier molecular flexibility index (Phi) is 5.55. The lowest BCUT2D eigenvalue weighted by molar-refractivity contribution is 0.577. The van der Waals surface area contributed by atoms with Crippen molar-refractivity contribution in [2.24, 2.45) is 0 Å². The first-order valence-electron chi connectivity index (χ1n) is 5.97. The maximum absolute atomic E-state index is 6.22. The van der Waals surface area contributed by atoms with Crippen LogP contribution in [0.15, 0.2) is 29.0 Å². The maximum Gasteiger partial charge on any atom is 0.0781 e. The normalized spacial score (nSPS) is 12.6. The zero-order chi connectivity index (χ0) is 13.8. The molecule has 0 spiro atoms. The monoisotopic (exact) mass is 333 g/mol. The Morgan fingerprint density at radius 3 is 2.63 bits per heavy atom. The van der Waals surface area contributed by atoms with Crippen LogP contribution in [-0.4, -0.2) is 6.54 Å². The van der Waals surface area contributed by atoms with Gasteiger partial charge >= 0.3 is 0 Å². The van der Waals surface area contributed by atoms with Gasteiger partial charge in [0.15, 0.2) is 0 Å². The van der Waals surface area contributed by atoms with Gasteiger partial charge in [0.25, 0.3) is 0 Å². The van der Waals surface area contributed by atoms with Gasteiger partial charge in [0.2, 0.25) is 0 Å². The van der Waals surface area contributed by atoms with Gasteiger partial charge in [-0.3, -0.25) is 0 Å². The topological polar surface area (TPSA) is 12.0 Å². The van der Waals surface area contributed by atoms with E-state index in [4.69, 9.17) is 34.8 Å². The zero-order valence-corrected chi connectivity index (χ0v) is 13.5. The molecule has 0 saturated heterocycles. The molecule has 102 valence electrons. The quantitative estimate of drug-likeness (QED) is 0.702. The number of hydrogen-bond donors (Lipinski definition) is 1. The lowest BCUT2D eigenvalue weighted by Crippen LogP contribution is -2.21. The number of hydrogen-bond acceptors (Lipinski definition) is 2. The summed E-state index contributed by atoms with van der Waals surface area (Å²) < 4.78 is 0. The van der Waals surface area contributed by atoms with E-state index >= 15 is 0 Å². The molecule has 1 nitrogen and oxygen atoms in total. The molecule has 0 aliphatic rings. The second-order valence-corrected chi connectivity index (χ2v) is 6.27. The average Bonchev–Trinajstić information content (AvgIpc) is 2.89. The van der Waals surface area contributed by atoms with E-state index < -0.39 is 0 Å². The van der Waals surface area contributed by atoms with E-state index in [0.717, 1.165) is 18.5 Å². The van der Waals surface area contributed by atoms with Crippen LogP contribution in [-0.2, 0) is 6.42 Å². The highest BCUT2D eigenvalue weighted by Gasteiger charge is 2.13. The molecule has 0 amide bonds. The molecular weight excluding hydrogens is 321 g/mol. The molecular formula is C14H14Cl3NS. The summed E-state index contributed by atoms with van der Waals surface area (Å²) in [7, 11) is 0. The third-order valence-corrected chi connectivity index (χ3v) is 5.02. The number of nitrogens with one attached hydrogen (secondary N) is 1. The van der Waals surface area contributed by atoms with Crippen molar-refractivity contribution < 1.29 is 0 Å². The number of rotatable bonds is 5. The van der Waals surface area contributed by atoms with Gasteiger partial charge in [-0.15, -0.1) is 0 Å². The van der Waals surface area contributed by atoms with Gasteiger partial charge in [0.05, 0.1) is 15.1 Å². The van der Waals surface area contributed by atoms with Crippen LogP contribution in [0.3, 0.4) is 0 Å². The minimum absolute atomic E-state index is 0.140. The molecule has 0 aliphatic carbocycles. The summed E-state index contributed by atoms with van der Waals surface area (Å²) >= 11 is 19.9. The summed E-state index contributed by atoms with van der Waals surface area (Å²) in [6, 6.07) is 5.98. The molecule has 1 N–H and O–H groups in total. The van der Waals surface area contributed by atoms with E-state index in [-0.39, 0.29) is 6.04 Å². The molecule has 1 atom stereocenters. The highest BCUT2D eigenvalue weighted by Crippen LogP contribution is 2.35. The van der Waals surface area contributed by atoms with Gasteiger partial charge < -0.3 is 5.32 Å². The summed E-state index contributed by atoms with van der Waals surface area (Å²) in [5.41, 5.74) is 2.33. The first-order chi connectivity index (χ1) is 9.09. The van der Waals surface area contributed by atoms with Gasteiger partial charge in [-0.05, 0) is 53.9 Å². The molecule has 1 unspecified atom stereocenters. The summed E-state index contributed by atoms with van der Waals surface area (Å²) in [5, 5.41) is 9.14. The third kappa shape index (κ3) is 3.87. The molecule has 1 aromatic carbocycles. The van der Waals surface area contributed by atoms with E-state index in [1.165, 1.54) is 5.56 Å². The van der Waals surface area contributed by atoms with Crippen molar-refractivity contribution in [3.8, 4) is 0 Å². The van der Waals surface area contributed by atoms with Crippen LogP contribution in [0.2, 0.25) is 15.1 Å². The fourth-order valence-electron chi connectivity index (χ4n) is 1.85. The summed E-state index contributed by atoms with van der Waals surface area (Å²) in [6.07, 6.45) is 1.01. The standard InChI is InChI=1S/C14H14Cl3NS/c1-9(18-6-4-10-5-7-19-8-10)11-2-3-12(15)14(17)13(11)16/h2-3,5,7-9,18H,4,6H2,1H3. The van der Waals surface area contributed by atoms with Crippen molar-refractivity contribution in [1.82, 2.24) is 5.32 Å². The Labute approximate surface area is 132 Å². The van der Waals surface area contributed by atoms with Gasteiger partial charge in [-0.25, -0.2) is 0 Å². The second-order valence-electron chi connectivity index (χ2n) is 4.32. The molecule has 0 bridgehead atoms. The largest absolute Gasteiger partial charge is 0.310 e. The van der Waals surface area contributed by atoms with Gasteiger partial charge in [0, 0.05) is 6.04 Å². The molecule has 0 saturated carbocycles. The van der Waals surface area contributed by atoms with Crippen molar-refractivity contribution in [3.05, 3.63) is 55.2 Å². The Morgan fingerprint density at radius 1 is 1.16 bits per heavy atom. The molecule has 1 aromatic heterocycles. The third-order valence-electron chi connectivity index (χ3n) is 2.98. The van der Waals surface area contributed by atoms with E-state index in [2.05, 4.69) is 29.1 Å². The summed E-state index contributed by atoms with van der Waals surface area (Å²) in [4.78, 5) is 0. The molecule has 0 radical (unpaired) electrons. The molecule has 0 aliphatic heterocycles. The first-order valence-corrected chi connectivity index (χ1v) is 8.05. The molecule has 19 heavy (non-hydrogen) atoms. The first kappa shape index (κ1) is 15.1. The van der Waals surface area contributed by atoms with E-state index in [1.807, 2.05) is 6.07 Å². The Hall–Kier alpha value is -0.250. The van der Waals surface area contributed by atoms with Crippen molar-refractivity contribution in [2.45, 2.75) is 19.4 Å². The predicted octanol–water partition coefficient (Wildman–Crippen LogP) is 5.60. The van der Waals surface area contributed by atoms with Crippen LogP contribution in [0, 0.1) is 0 Å². The van der Waals surface area contributed by atoms with Gasteiger partial charge in [-0.1, -0.05) is 40.9 Å². The average molecular weight is 335 g/mol. The summed E-state index contributed by atoms with van der Waals surface area (Å²) in [5.74, 6) is 0.